The first-order valence-corrected chi connectivity index (χ1v) is 8.53. The molecule has 2 aromatic rings. The van der Waals surface area contributed by atoms with Crippen molar-refractivity contribution in [3.63, 3.8) is 0 Å². The maximum Gasteiger partial charge on any atom is 0.332 e. The Kier molecular flexibility index (Phi) is 5.08. The van der Waals surface area contributed by atoms with Crippen LogP contribution in [0.2, 0.25) is 0 Å². The molecule has 2 heterocycles. The molecule has 1 aliphatic heterocycles. The van der Waals surface area contributed by atoms with E-state index in [0.29, 0.717) is 23.7 Å². The van der Waals surface area contributed by atoms with Gasteiger partial charge in [0.25, 0.3) is 5.56 Å². The second-order valence-corrected chi connectivity index (χ2v) is 6.09. The van der Waals surface area contributed by atoms with Crippen LogP contribution >= 0.6 is 0 Å². The van der Waals surface area contributed by atoms with Crippen molar-refractivity contribution in [2.75, 3.05) is 18.5 Å². The number of amides is 2. The van der Waals surface area contributed by atoms with E-state index in [0.717, 1.165) is 4.57 Å². The number of fused-ring (bicyclic) bond motifs is 1. The van der Waals surface area contributed by atoms with E-state index < -0.39 is 23.3 Å². The Hall–Kier alpha value is -3.74. The van der Waals surface area contributed by atoms with Crippen LogP contribution in [-0.2, 0) is 14.1 Å². The number of aromatic nitrogens is 2. The van der Waals surface area contributed by atoms with Crippen molar-refractivity contribution in [2.45, 2.75) is 13.0 Å². The van der Waals surface area contributed by atoms with Gasteiger partial charge in [-0.05, 0) is 24.6 Å². The van der Waals surface area contributed by atoms with Gasteiger partial charge in [0.15, 0.2) is 18.1 Å². The van der Waals surface area contributed by atoms with Crippen LogP contribution in [-0.4, -0.2) is 28.4 Å². The molecule has 0 fully saturated rings. The van der Waals surface area contributed by atoms with Gasteiger partial charge in [0.1, 0.15) is 11.9 Å². The molecule has 0 bridgehead atoms. The molecule has 1 aromatic carbocycles. The number of benzene rings is 1. The number of urea groups is 1. The molecule has 0 saturated heterocycles. The number of ether oxygens (including phenoxy) is 2. The van der Waals surface area contributed by atoms with Crippen molar-refractivity contribution in [1.82, 2.24) is 14.5 Å². The molecule has 1 unspecified atom stereocenters. The number of nitrogens with zero attached hydrogens (tertiary/aromatic N) is 3. The van der Waals surface area contributed by atoms with Crippen LogP contribution in [0.4, 0.5) is 10.6 Å². The molecule has 2 amide bonds. The molecule has 1 aliphatic rings. The number of nitriles is 1. The maximum absolute atomic E-state index is 12.8. The topological polar surface area (TPSA) is 127 Å². The van der Waals surface area contributed by atoms with E-state index in [-0.39, 0.29) is 18.0 Å². The molecular weight excluding hydrogens is 366 g/mol. The third-order valence-corrected chi connectivity index (χ3v) is 4.39. The summed E-state index contributed by atoms with van der Waals surface area (Å²) in [5, 5.41) is 13.9. The molecule has 10 nitrogen and oxygen atoms in total. The average Bonchev–Trinajstić information content (AvgIpc) is 2.69. The first kappa shape index (κ1) is 19.0. The lowest BCUT2D eigenvalue weighted by molar-refractivity contribution is 0.248. The highest BCUT2D eigenvalue weighted by atomic mass is 16.5. The van der Waals surface area contributed by atoms with Gasteiger partial charge >= 0.3 is 11.7 Å². The number of carbonyl (C=O) groups is 1. The molecule has 3 rings (SSSR count). The fourth-order valence-electron chi connectivity index (χ4n) is 3.08. The molecular formula is C18H19N5O5. The molecule has 0 aliphatic carbocycles. The predicted octanol–water partition coefficient (Wildman–Crippen LogP) is 0.610. The molecule has 1 atom stereocenters. The summed E-state index contributed by atoms with van der Waals surface area (Å²) in [6.45, 7) is 2.01. The Morgan fingerprint density at radius 2 is 1.89 bits per heavy atom. The van der Waals surface area contributed by atoms with Crippen LogP contribution in [0.15, 0.2) is 27.8 Å². The van der Waals surface area contributed by atoms with Crippen molar-refractivity contribution in [2.24, 2.45) is 14.1 Å². The Bertz CT molecular complexity index is 1100. The number of anilines is 1. The normalized spacial score (nSPS) is 15.1. The smallest absolute Gasteiger partial charge is 0.332 e. The maximum atomic E-state index is 12.8. The minimum atomic E-state index is -0.793. The van der Waals surface area contributed by atoms with Gasteiger partial charge in [0.2, 0.25) is 0 Å². The lowest BCUT2D eigenvalue weighted by atomic mass is 9.98. The van der Waals surface area contributed by atoms with E-state index in [1.54, 1.807) is 25.1 Å². The van der Waals surface area contributed by atoms with Gasteiger partial charge in [-0.25, -0.2) is 9.59 Å². The molecule has 28 heavy (non-hydrogen) atoms. The average molecular weight is 385 g/mol. The summed E-state index contributed by atoms with van der Waals surface area (Å²) in [7, 11) is 2.86. The SMILES string of the molecule is CCOc1cc(C2NC(=O)Nc3c2c(=O)n(C)c(=O)n3C)ccc1OCC#N. The highest BCUT2D eigenvalue weighted by Crippen LogP contribution is 2.34. The quantitative estimate of drug-likeness (QED) is 0.776. The van der Waals surface area contributed by atoms with Crippen LogP contribution < -0.4 is 31.4 Å². The fourth-order valence-corrected chi connectivity index (χ4v) is 3.08. The summed E-state index contributed by atoms with van der Waals surface area (Å²) in [5.74, 6) is 0.900. The molecule has 146 valence electrons. The molecule has 10 heteroatoms. The minimum absolute atomic E-state index is 0.143. The van der Waals surface area contributed by atoms with Gasteiger partial charge in [0.05, 0.1) is 18.2 Å². The first-order valence-electron chi connectivity index (χ1n) is 8.53. The number of carbonyl (C=O) groups excluding carboxylic acids is 1. The number of rotatable bonds is 5. The molecule has 0 saturated carbocycles. The van der Waals surface area contributed by atoms with Gasteiger partial charge in [-0.3, -0.25) is 19.2 Å². The van der Waals surface area contributed by atoms with Crippen molar-refractivity contribution in [1.29, 1.82) is 5.26 Å². The Morgan fingerprint density at radius 3 is 2.57 bits per heavy atom. The summed E-state index contributed by atoms with van der Waals surface area (Å²) < 4.78 is 13.1. The first-order chi connectivity index (χ1) is 13.4. The Labute approximate surface area is 159 Å². The summed E-state index contributed by atoms with van der Waals surface area (Å²) in [6.07, 6.45) is 0. The molecule has 2 N–H and O–H groups in total. The van der Waals surface area contributed by atoms with Crippen molar-refractivity contribution in [3.8, 4) is 17.6 Å². The van der Waals surface area contributed by atoms with Crippen LogP contribution in [0.1, 0.15) is 24.1 Å². The summed E-state index contributed by atoms with van der Waals surface area (Å²) in [4.78, 5) is 37.1. The van der Waals surface area contributed by atoms with Crippen molar-refractivity contribution in [3.05, 3.63) is 50.2 Å². The second kappa shape index (κ2) is 7.48. The fraction of sp³-hybridized carbons (Fsp3) is 0.333. The third-order valence-electron chi connectivity index (χ3n) is 4.39. The highest BCUT2D eigenvalue weighted by molar-refractivity contribution is 5.92. The van der Waals surface area contributed by atoms with Gasteiger partial charge in [-0.1, -0.05) is 6.07 Å². The number of hydrogen-bond acceptors (Lipinski definition) is 6. The van der Waals surface area contributed by atoms with Gasteiger partial charge in [-0.2, -0.15) is 5.26 Å². The zero-order chi connectivity index (χ0) is 20.4. The standard InChI is InChI=1S/C18H19N5O5/c1-4-27-12-9-10(5-6-11(12)28-8-7-19)14-13-15(21-17(25)20-14)22(2)18(26)23(3)16(13)24/h5-6,9,14H,4,8H2,1-3H3,(H2,20,21,25). The van der Waals surface area contributed by atoms with Crippen LogP contribution in [0, 0.1) is 11.3 Å². The van der Waals surface area contributed by atoms with E-state index in [1.807, 2.05) is 6.07 Å². The van der Waals surface area contributed by atoms with Gasteiger partial charge < -0.3 is 14.8 Å². The lowest BCUT2D eigenvalue weighted by Gasteiger charge is -2.28. The summed E-state index contributed by atoms with van der Waals surface area (Å²) in [6, 6.07) is 5.47. The molecule has 1 aromatic heterocycles. The number of hydrogen-bond donors (Lipinski definition) is 2. The molecule has 0 radical (unpaired) electrons. The zero-order valence-electron chi connectivity index (χ0n) is 15.6. The highest BCUT2D eigenvalue weighted by Gasteiger charge is 2.32. The van der Waals surface area contributed by atoms with Gasteiger partial charge in [-0.15, -0.1) is 0 Å². The number of nitrogens with one attached hydrogen (secondary N) is 2. The zero-order valence-corrected chi connectivity index (χ0v) is 15.6. The van der Waals surface area contributed by atoms with Crippen molar-refractivity contribution < 1.29 is 14.3 Å². The Balaban J connectivity index is 2.17. The monoisotopic (exact) mass is 385 g/mol. The van der Waals surface area contributed by atoms with Crippen LogP contribution in [0.5, 0.6) is 11.5 Å². The Morgan fingerprint density at radius 1 is 1.14 bits per heavy atom. The van der Waals surface area contributed by atoms with E-state index in [4.69, 9.17) is 14.7 Å². The van der Waals surface area contributed by atoms with Crippen LogP contribution in [0.25, 0.3) is 0 Å². The van der Waals surface area contributed by atoms with E-state index in [9.17, 15) is 14.4 Å². The predicted molar refractivity (Wildman–Crippen MR) is 99.6 cm³/mol. The summed E-state index contributed by atoms with van der Waals surface area (Å²) >= 11 is 0. The summed E-state index contributed by atoms with van der Waals surface area (Å²) in [5.41, 5.74) is -0.254. The second-order valence-electron chi connectivity index (χ2n) is 6.09. The van der Waals surface area contributed by atoms with Crippen LogP contribution in [0.3, 0.4) is 0 Å². The van der Waals surface area contributed by atoms with E-state index in [2.05, 4.69) is 10.6 Å². The van der Waals surface area contributed by atoms with Crippen molar-refractivity contribution >= 4 is 11.8 Å². The lowest BCUT2D eigenvalue weighted by Crippen LogP contribution is -2.49. The van der Waals surface area contributed by atoms with E-state index in [1.165, 1.54) is 18.7 Å². The minimum Gasteiger partial charge on any atom is -0.490 e. The third kappa shape index (κ3) is 3.18. The molecule has 0 spiro atoms. The van der Waals surface area contributed by atoms with E-state index >= 15 is 0 Å². The largest absolute Gasteiger partial charge is 0.490 e. The van der Waals surface area contributed by atoms with Gasteiger partial charge in [0, 0.05) is 14.1 Å².